The zero-order valence-corrected chi connectivity index (χ0v) is 8.13. The molecule has 0 aromatic heterocycles. The van der Waals surface area contributed by atoms with E-state index in [1.165, 1.54) is 12.1 Å². The van der Waals surface area contributed by atoms with E-state index in [0.29, 0.717) is 6.42 Å². The van der Waals surface area contributed by atoms with Crippen LogP contribution in [0.25, 0.3) is 0 Å². The third kappa shape index (κ3) is 2.51. The summed E-state index contributed by atoms with van der Waals surface area (Å²) in [5.74, 6) is 0. The molecule has 0 saturated carbocycles. The lowest BCUT2D eigenvalue weighted by molar-refractivity contribution is -0.384. The highest BCUT2D eigenvalue weighted by molar-refractivity contribution is 5.33. The van der Waals surface area contributed by atoms with E-state index in [2.05, 4.69) is 0 Å². The van der Waals surface area contributed by atoms with Crippen LogP contribution in [-0.4, -0.2) is 23.7 Å². The maximum absolute atomic E-state index is 10.4. The maximum Gasteiger partial charge on any atom is 0.269 e. The molecule has 5 heteroatoms. The van der Waals surface area contributed by atoms with Gasteiger partial charge in [0.25, 0.3) is 5.69 Å². The molecule has 1 aliphatic heterocycles. The van der Waals surface area contributed by atoms with Crippen LogP contribution in [0.5, 0.6) is 0 Å². The predicted molar refractivity (Wildman–Crippen MR) is 54.5 cm³/mol. The van der Waals surface area contributed by atoms with E-state index in [-0.39, 0.29) is 17.8 Å². The molecule has 0 radical (unpaired) electrons. The lowest BCUT2D eigenvalue weighted by Gasteiger charge is -2.07. The van der Waals surface area contributed by atoms with Crippen molar-refractivity contribution in [3.63, 3.8) is 0 Å². The van der Waals surface area contributed by atoms with E-state index >= 15 is 0 Å². The molecule has 2 atom stereocenters. The Hall–Kier alpha value is -1.46. The van der Waals surface area contributed by atoms with Gasteiger partial charge in [0.15, 0.2) is 0 Å². The van der Waals surface area contributed by atoms with Gasteiger partial charge in [-0.25, -0.2) is 0 Å². The van der Waals surface area contributed by atoms with Crippen molar-refractivity contribution in [3.8, 4) is 0 Å². The van der Waals surface area contributed by atoms with Crippen molar-refractivity contribution >= 4 is 5.69 Å². The first-order chi connectivity index (χ1) is 7.16. The highest BCUT2D eigenvalue weighted by Crippen LogP contribution is 2.18. The number of ether oxygens (including phenoxy) is 1. The van der Waals surface area contributed by atoms with Gasteiger partial charge in [-0.15, -0.1) is 0 Å². The minimum Gasteiger partial charge on any atom is -0.371 e. The fourth-order valence-electron chi connectivity index (χ4n) is 1.46. The second-order valence-electron chi connectivity index (χ2n) is 3.66. The normalized spacial score (nSPS) is 21.0. The molecule has 0 amide bonds. The number of nitro benzene ring substituents is 1. The second kappa shape index (κ2) is 3.96. The van der Waals surface area contributed by atoms with Crippen LogP contribution in [0, 0.1) is 10.1 Å². The fraction of sp³-hybridized carbons (Fsp3) is 0.400. The topological polar surface area (TPSA) is 81.7 Å². The van der Waals surface area contributed by atoms with Crippen LogP contribution in [0.15, 0.2) is 24.3 Å². The number of hydrogen-bond acceptors (Lipinski definition) is 4. The molecule has 2 rings (SSSR count). The van der Waals surface area contributed by atoms with E-state index in [0.717, 1.165) is 12.2 Å². The number of hydrogen-bond donors (Lipinski definition) is 1. The Kier molecular flexibility index (Phi) is 2.66. The Morgan fingerprint density at radius 2 is 2.13 bits per heavy atom. The molecule has 1 saturated heterocycles. The van der Waals surface area contributed by atoms with Crippen molar-refractivity contribution in [1.82, 2.24) is 0 Å². The lowest BCUT2D eigenvalue weighted by Crippen LogP contribution is -2.28. The van der Waals surface area contributed by atoms with Gasteiger partial charge in [-0.05, 0) is 12.0 Å². The Morgan fingerprint density at radius 1 is 1.53 bits per heavy atom. The largest absolute Gasteiger partial charge is 0.371 e. The third-order valence-electron chi connectivity index (χ3n) is 2.46. The van der Waals surface area contributed by atoms with Gasteiger partial charge in [0, 0.05) is 18.2 Å². The molecular formula is C10H12N2O3. The summed E-state index contributed by atoms with van der Waals surface area (Å²) < 4.78 is 5.07. The van der Waals surface area contributed by atoms with Gasteiger partial charge in [0.05, 0.1) is 17.6 Å². The average molecular weight is 208 g/mol. The first kappa shape index (κ1) is 10.1. The standard InChI is InChI=1S/C10H12N2O3/c11-9(10-6-15-10)5-7-1-3-8(4-2-7)12(13)14/h1-4,9-10H,5-6,11H2/t9-,10+/m0/s1. The Labute approximate surface area is 87.0 Å². The van der Waals surface area contributed by atoms with Gasteiger partial charge in [-0.3, -0.25) is 10.1 Å². The van der Waals surface area contributed by atoms with Crippen molar-refractivity contribution in [2.75, 3.05) is 6.61 Å². The number of non-ortho nitro benzene ring substituents is 1. The fourth-order valence-corrected chi connectivity index (χ4v) is 1.46. The molecule has 0 aliphatic carbocycles. The molecular weight excluding hydrogens is 196 g/mol. The summed E-state index contributed by atoms with van der Waals surface area (Å²) in [6, 6.07) is 6.46. The van der Waals surface area contributed by atoms with E-state index in [1.54, 1.807) is 12.1 Å². The quantitative estimate of drug-likeness (QED) is 0.452. The van der Waals surface area contributed by atoms with Crippen molar-refractivity contribution in [3.05, 3.63) is 39.9 Å². The Morgan fingerprint density at radius 3 is 2.60 bits per heavy atom. The predicted octanol–water partition coefficient (Wildman–Crippen LogP) is 0.863. The molecule has 80 valence electrons. The Balaban J connectivity index is 1.99. The zero-order chi connectivity index (χ0) is 10.8. The molecule has 15 heavy (non-hydrogen) atoms. The molecule has 0 unspecified atom stereocenters. The van der Waals surface area contributed by atoms with E-state index in [9.17, 15) is 10.1 Å². The van der Waals surface area contributed by atoms with E-state index < -0.39 is 4.92 Å². The molecule has 0 bridgehead atoms. The SMILES string of the molecule is N[C@@H](Cc1ccc([N+](=O)[O-])cc1)[C@H]1CO1. The number of nitro groups is 1. The van der Waals surface area contributed by atoms with Crippen LogP contribution < -0.4 is 5.73 Å². The summed E-state index contributed by atoms with van der Waals surface area (Å²) in [5.41, 5.74) is 6.96. The molecule has 2 N–H and O–H groups in total. The molecule has 0 spiro atoms. The minimum absolute atomic E-state index is 0.00791. The number of epoxide rings is 1. The van der Waals surface area contributed by atoms with Gasteiger partial charge < -0.3 is 10.5 Å². The van der Waals surface area contributed by atoms with Crippen LogP contribution in [0.2, 0.25) is 0 Å². The number of benzene rings is 1. The zero-order valence-electron chi connectivity index (χ0n) is 8.13. The van der Waals surface area contributed by atoms with Crippen LogP contribution in [-0.2, 0) is 11.2 Å². The summed E-state index contributed by atoms with van der Waals surface area (Å²) in [5, 5.41) is 10.4. The first-order valence-electron chi connectivity index (χ1n) is 4.77. The molecule has 1 aliphatic rings. The van der Waals surface area contributed by atoms with Crippen LogP contribution in [0.1, 0.15) is 5.56 Å². The van der Waals surface area contributed by atoms with Crippen molar-refractivity contribution in [2.24, 2.45) is 5.73 Å². The van der Waals surface area contributed by atoms with Crippen molar-refractivity contribution in [1.29, 1.82) is 0 Å². The minimum atomic E-state index is -0.409. The second-order valence-corrected chi connectivity index (χ2v) is 3.66. The monoisotopic (exact) mass is 208 g/mol. The van der Waals surface area contributed by atoms with Gasteiger partial charge in [-0.1, -0.05) is 12.1 Å². The van der Waals surface area contributed by atoms with Crippen molar-refractivity contribution < 1.29 is 9.66 Å². The molecule has 1 aromatic rings. The van der Waals surface area contributed by atoms with Gasteiger partial charge >= 0.3 is 0 Å². The lowest BCUT2D eigenvalue weighted by atomic mass is 10.0. The third-order valence-corrected chi connectivity index (χ3v) is 2.46. The number of nitrogens with zero attached hydrogens (tertiary/aromatic N) is 1. The van der Waals surface area contributed by atoms with Crippen molar-refractivity contribution in [2.45, 2.75) is 18.6 Å². The smallest absolute Gasteiger partial charge is 0.269 e. The highest BCUT2D eigenvalue weighted by Gasteiger charge is 2.29. The maximum atomic E-state index is 10.4. The van der Waals surface area contributed by atoms with Crippen LogP contribution in [0.3, 0.4) is 0 Å². The van der Waals surface area contributed by atoms with E-state index in [1.807, 2.05) is 0 Å². The number of rotatable bonds is 4. The molecule has 1 fully saturated rings. The van der Waals surface area contributed by atoms with Crippen LogP contribution >= 0.6 is 0 Å². The van der Waals surface area contributed by atoms with E-state index in [4.69, 9.17) is 10.5 Å². The average Bonchev–Trinajstić information content (AvgIpc) is 3.01. The van der Waals surface area contributed by atoms with Gasteiger partial charge in [0.1, 0.15) is 0 Å². The summed E-state index contributed by atoms with van der Waals surface area (Å²) in [4.78, 5) is 10.0. The number of nitrogens with two attached hydrogens (primary N) is 1. The van der Waals surface area contributed by atoms with Gasteiger partial charge in [0.2, 0.25) is 0 Å². The van der Waals surface area contributed by atoms with Crippen LogP contribution in [0.4, 0.5) is 5.69 Å². The summed E-state index contributed by atoms with van der Waals surface area (Å²) in [7, 11) is 0. The summed E-state index contributed by atoms with van der Waals surface area (Å²) >= 11 is 0. The Bertz CT molecular complexity index is 359. The summed E-state index contributed by atoms with van der Waals surface area (Å²) in [6.45, 7) is 0.730. The highest BCUT2D eigenvalue weighted by atomic mass is 16.6. The molecule has 1 aromatic carbocycles. The summed E-state index contributed by atoms with van der Waals surface area (Å²) in [6.07, 6.45) is 0.864. The molecule has 1 heterocycles. The first-order valence-corrected chi connectivity index (χ1v) is 4.77. The molecule has 5 nitrogen and oxygen atoms in total. The van der Waals surface area contributed by atoms with Gasteiger partial charge in [-0.2, -0.15) is 0 Å².